The van der Waals surface area contributed by atoms with Gasteiger partial charge in [0.15, 0.2) is 5.96 Å². The van der Waals surface area contributed by atoms with Crippen LogP contribution in [0.3, 0.4) is 0 Å². The van der Waals surface area contributed by atoms with Crippen LogP contribution in [0.15, 0.2) is 29.3 Å². The second-order valence-electron chi connectivity index (χ2n) is 9.35. The molecule has 6 nitrogen and oxygen atoms in total. The average molecular weight is 429 g/mol. The molecule has 31 heavy (non-hydrogen) atoms. The normalized spacial score (nSPS) is 27.8. The van der Waals surface area contributed by atoms with Gasteiger partial charge in [-0.15, -0.1) is 0 Å². The number of nitrogens with one attached hydrogen (secondary N) is 2. The third-order valence-corrected chi connectivity index (χ3v) is 7.09. The Labute approximate surface area is 187 Å². The van der Waals surface area contributed by atoms with Crippen LogP contribution in [0.4, 0.5) is 0 Å². The molecular formula is C25H40N4O2. The molecule has 1 aromatic rings. The summed E-state index contributed by atoms with van der Waals surface area (Å²) in [4.78, 5) is 7.52. The van der Waals surface area contributed by atoms with Crippen molar-refractivity contribution < 1.29 is 9.47 Å². The van der Waals surface area contributed by atoms with Crippen molar-refractivity contribution in [3.63, 3.8) is 0 Å². The molecule has 4 rings (SSSR count). The van der Waals surface area contributed by atoms with E-state index in [2.05, 4.69) is 53.8 Å². The molecule has 3 saturated heterocycles. The first-order valence-corrected chi connectivity index (χ1v) is 12.2. The summed E-state index contributed by atoms with van der Waals surface area (Å²) in [6.45, 7) is 5.99. The van der Waals surface area contributed by atoms with Crippen molar-refractivity contribution in [2.75, 3.05) is 26.8 Å². The largest absolute Gasteiger partial charge is 0.381 e. The molecule has 3 heterocycles. The SMILES string of the molecule is CCNC(=NCc1cccc(COC2CCOCC2)c1)NC1CC2CCCC(C1)N2C. The van der Waals surface area contributed by atoms with Crippen LogP contribution in [-0.2, 0) is 22.6 Å². The van der Waals surface area contributed by atoms with Gasteiger partial charge in [0.25, 0.3) is 0 Å². The first-order chi connectivity index (χ1) is 15.2. The Morgan fingerprint density at radius 1 is 1.13 bits per heavy atom. The van der Waals surface area contributed by atoms with E-state index in [0.29, 0.717) is 25.3 Å². The van der Waals surface area contributed by atoms with Crippen LogP contribution in [0, 0.1) is 0 Å². The van der Waals surface area contributed by atoms with Crippen molar-refractivity contribution in [3.05, 3.63) is 35.4 Å². The number of aliphatic imine (C=N–C) groups is 1. The number of ether oxygens (including phenoxy) is 2. The van der Waals surface area contributed by atoms with Crippen molar-refractivity contribution in [3.8, 4) is 0 Å². The predicted octanol–water partition coefficient (Wildman–Crippen LogP) is 3.45. The fraction of sp³-hybridized carbons (Fsp3) is 0.720. The summed E-state index contributed by atoms with van der Waals surface area (Å²) in [5.41, 5.74) is 2.45. The van der Waals surface area contributed by atoms with Crippen molar-refractivity contribution in [1.82, 2.24) is 15.5 Å². The monoisotopic (exact) mass is 428 g/mol. The summed E-state index contributed by atoms with van der Waals surface area (Å²) < 4.78 is 11.5. The lowest BCUT2D eigenvalue weighted by Gasteiger charge is -2.47. The van der Waals surface area contributed by atoms with Gasteiger partial charge in [0.1, 0.15) is 0 Å². The van der Waals surface area contributed by atoms with E-state index in [1.807, 2.05) is 0 Å². The summed E-state index contributed by atoms with van der Waals surface area (Å²) >= 11 is 0. The van der Waals surface area contributed by atoms with Crippen LogP contribution in [0.5, 0.6) is 0 Å². The summed E-state index contributed by atoms with van der Waals surface area (Å²) in [5, 5.41) is 7.18. The molecule has 2 unspecified atom stereocenters. The van der Waals surface area contributed by atoms with E-state index in [-0.39, 0.29) is 0 Å². The molecule has 2 bridgehead atoms. The van der Waals surface area contributed by atoms with Gasteiger partial charge >= 0.3 is 0 Å². The topological polar surface area (TPSA) is 58.1 Å². The van der Waals surface area contributed by atoms with Gasteiger partial charge in [0.2, 0.25) is 0 Å². The number of guanidine groups is 1. The highest BCUT2D eigenvalue weighted by Crippen LogP contribution is 2.32. The smallest absolute Gasteiger partial charge is 0.191 e. The Kier molecular flexibility index (Phi) is 8.22. The minimum absolute atomic E-state index is 0.328. The van der Waals surface area contributed by atoms with Gasteiger partial charge in [0, 0.05) is 37.9 Å². The van der Waals surface area contributed by atoms with Crippen LogP contribution >= 0.6 is 0 Å². The highest BCUT2D eigenvalue weighted by molar-refractivity contribution is 5.80. The van der Waals surface area contributed by atoms with Crippen LogP contribution in [-0.4, -0.2) is 61.9 Å². The van der Waals surface area contributed by atoms with E-state index in [1.165, 1.54) is 43.2 Å². The third-order valence-electron chi connectivity index (χ3n) is 7.09. The molecule has 0 saturated carbocycles. The Bertz CT molecular complexity index is 705. The number of nitrogens with zero attached hydrogens (tertiary/aromatic N) is 2. The maximum absolute atomic E-state index is 6.09. The first-order valence-electron chi connectivity index (χ1n) is 12.2. The van der Waals surface area contributed by atoms with E-state index in [9.17, 15) is 0 Å². The van der Waals surface area contributed by atoms with Gasteiger partial charge in [-0.2, -0.15) is 0 Å². The molecule has 0 aromatic heterocycles. The quantitative estimate of drug-likeness (QED) is 0.515. The number of hydrogen-bond acceptors (Lipinski definition) is 4. The number of rotatable bonds is 7. The Morgan fingerprint density at radius 3 is 2.61 bits per heavy atom. The number of fused-ring (bicyclic) bond motifs is 2. The van der Waals surface area contributed by atoms with E-state index in [4.69, 9.17) is 14.5 Å². The molecule has 3 fully saturated rings. The number of piperidine rings is 2. The molecule has 0 spiro atoms. The second-order valence-corrected chi connectivity index (χ2v) is 9.35. The predicted molar refractivity (Wildman–Crippen MR) is 125 cm³/mol. The molecule has 0 radical (unpaired) electrons. The Morgan fingerprint density at radius 2 is 1.87 bits per heavy atom. The summed E-state index contributed by atoms with van der Waals surface area (Å²) in [6.07, 6.45) is 8.82. The maximum atomic E-state index is 6.09. The van der Waals surface area contributed by atoms with Gasteiger partial charge in [0.05, 0.1) is 19.3 Å². The van der Waals surface area contributed by atoms with Crippen molar-refractivity contribution in [2.45, 2.75) is 89.3 Å². The molecule has 172 valence electrons. The van der Waals surface area contributed by atoms with E-state index in [0.717, 1.165) is 50.6 Å². The zero-order chi connectivity index (χ0) is 21.5. The van der Waals surface area contributed by atoms with Gasteiger partial charge in [-0.05, 0) is 63.6 Å². The summed E-state index contributed by atoms with van der Waals surface area (Å²) in [7, 11) is 2.31. The van der Waals surface area contributed by atoms with E-state index in [1.54, 1.807) is 0 Å². The van der Waals surface area contributed by atoms with Gasteiger partial charge in [-0.3, -0.25) is 0 Å². The fourth-order valence-corrected chi connectivity index (χ4v) is 5.29. The first kappa shape index (κ1) is 22.6. The van der Waals surface area contributed by atoms with E-state index >= 15 is 0 Å². The maximum Gasteiger partial charge on any atom is 0.191 e. The van der Waals surface area contributed by atoms with Crippen LogP contribution < -0.4 is 10.6 Å². The lowest BCUT2D eigenvalue weighted by Crippen LogP contribution is -2.56. The molecule has 2 atom stereocenters. The molecule has 0 aliphatic carbocycles. The lowest BCUT2D eigenvalue weighted by atomic mass is 9.82. The van der Waals surface area contributed by atoms with Crippen molar-refractivity contribution in [2.24, 2.45) is 4.99 Å². The highest BCUT2D eigenvalue weighted by Gasteiger charge is 2.36. The zero-order valence-electron chi connectivity index (χ0n) is 19.3. The van der Waals surface area contributed by atoms with Gasteiger partial charge in [-0.25, -0.2) is 4.99 Å². The Hall–Kier alpha value is -1.63. The molecule has 3 aliphatic heterocycles. The minimum atomic E-state index is 0.328. The third kappa shape index (κ3) is 6.43. The van der Waals surface area contributed by atoms with Crippen molar-refractivity contribution >= 4 is 5.96 Å². The molecule has 3 aliphatic rings. The summed E-state index contributed by atoms with van der Waals surface area (Å²) in [6, 6.07) is 10.6. The lowest BCUT2D eigenvalue weighted by molar-refractivity contribution is -0.0390. The van der Waals surface area contributed by atoms with Gasteiger partial charge in [-0.1, -0.05) is 30.7 Å². The Balaban J connectivity index is 1.31. The molecule has 1 aromatic carbocycles. The van der Waals surface area contributed by atoms with Crippen LogP contribution in [0.1, 0.15) is 63.0 Å². The second kappa shape index (κ2) is 11.3. The fourth-order valence-electron chi connectivity index (χ4n) is 5.29. The van der Waals surface area contributed by atoms with E-state index < -0.39 is 0 Å². The highest BCUT2D eigenvalue weighted by atomic mass is 16.5. The van der Waals surface area contributed by atoms with Crippen LogP contribution in [0.25, 0.3) is 0 Å². The minimum Gasteiger partial charge on any atom is -0.381 e. The standard InChI is InChI=1S/C25H40N4O2/c1-3-26-25(28-21-15-22-8-5-9-23(16-21)29(22)2)27-17-19-6-4-7-20(14-19)18-31-24-10-12-30-13-11-24/h4,6-7,14,21-24H,3,5,8-13,15-18H2,1-2H3,(H2,26,27,28). The average Bonchev–Trinajstić information content (AvgIpc) is 2.78. The molecule has 2 N–H and O–H groups in total. The summed E-state index contributed by atoms with van der Waals surface area (Å²) in [5.74, 6) is 0.944. The van der Waals surface area contributed by atoms with Crippen molar-refractivity contribution in [1.29, 1.82) is 0 Å². The zero-order valence-corrected chi connectivity index (χ0v) is 19.3. The molecule has 0 amide bonds. The molecule has 6 heteroatoms. The number of benzene rings is 1. The van der Waals surface area contributed by atoms with Gasteiger partial charge < -0.3 is 25.0 Å². The number of hydrogen-bond donors (Lipinski definition) is 2. The molecular weight excluding hydrogens is 388 g/mol. The van der Waals surface area contributed by atoms with Crippen LogP contribution in [0.2, 0.25) is 0 Å².